The van der Waals surface area contributed by atoms with Gasteiger partial charge in [0.1, 0.15) is 24.5 Å². The third-order valence-electron chi connectivity index (χ3n) is 4.69. The Labute approximate surface area is 174 Å². The maximum atomic E-state index is 13.4. The number of ether oxygens (including phenoxy) is 1. The van der Waals surface area contributed by atoms with Gasteiger partial charge in [-0.05, 0) is 38.1 Å². The van der Waals surface area contributed by atoms with Crippen LogP contribution in [0.3, 0.4) is 0 Å². The fraction of sp³-hybridized carbons (Fsp3) is 0.316. The number of hydrogen-bond donors (Lipinski definition) is 2. The van der Waals surface area contributed by atoms with Crippen LogP contribution < -0.4 is 10.2 Å². The molecular formula is C19H18F2N6O4. The minimum Gasteiger partial charge on any atom is -0.447 e. The lowest BCUT2D eigenvalue weighted by molar-refractivity contribution is 0.142. The van der Waals surface area contributed by atoms with Crippen LogP contribution in [-0.2, 0) is 4.74 Å². The number of aliphatic hydroxyl groups excluding tert-OH is 1. The average molecular weight is 432 g/mol. The molecule has 2 N–H and O–H groups in total. The van der Waals surface area contributed by atoms with Gasteiger partial charge >= 0.3 is 6.09 Å². The van der Waals surface area contributed by atoms with Gasteiger partial charge in [-0.2, -0.15) is 9.97 Å². The fourth-order valence-electron chi connectivity index (χ4n) is 3.03. The molecule has 10 nitrogen and oxygen atoms in total. The fourth-order valence-corrected chi connectivity index (χ4v) is 3.03. The number of halogens is 2. The van der Waals surface area contributed by atoms with E-state index in [0.717, 1.165) is 12.1 Å². The van der Waals surface area contributed by atoms with Crippen LogP contribution in [0.15, 0.2) is 35.0 Å². The van der Waals surface area contributed by atoms with Crippen molar-refractivity contribution in [1.29, 1.82) is 0 Å². The van der Waals surface area contributed by atoms with Crippen LogP contribution in [0.1, 0.15) is 25.8 Å². The molecule has 1 fully saturated rings. The highest BCUT2D eigenvalue weighted by molar-refractivity contribution is 5.89. The molecule has 162 valence electrons. The van der Waals surface area contributed by atoms with Crippen LogP contribution in [-0.4, -0.2) is 50.1 Å². The van der Waals surface area contributed by atoms with E-state index in [-0.39, 0.29) is 35.7 Å². The number of carbonyl (C=O) groups excluding carboxylic acids is 1. The molecule has 3 aromatic rings. The standard InChI is InChI=1S/C19H18F2N6O4/c1-9(17-25-16(26-31-17)11-3-4-12(20)13(21)7-11)23-18-22-6-5-15(24-18)27-14(10(2)28)8-30-19(27)29/h3-7,9-10,14,28H,8H2,1-2H3,(H,22,23,24)/t9-,10+,14+/m0/s1. The molecule has 1 aromatic carbocycles. The summed E-state index contributed by atoms with van der Waals surface area (Å²) in [6.07, 6.45) is 0.0179. The molecule has 0 radical (unpaired) electrons. The molecule has 0 aliphatic carbocycles. The SMILES string of the molecule is C[C@H](Nc1nccc(N2C(=O)OC[C@@H]2[C@@H](C)O)n1)c1nc(-c2ccc(F)c(F)c2)no1. The Morgan fingerprint density at radius 2 is 2.03 bits per heavy atom. The van der Waals surface area contributed by atoms with Crippen LogP contribution in [0.5, 0.6) is 0 Å². The summed E-state index contributed by atoms with van der Waals surface area (Å²) < 4.78 is 36.8. The average Bonchev–Trinajstić information content (AvgIpc) is 3.37. The lowest BCUT2D eigenvalue weighted by Gasteiger charge is -2.22. The Balaban J connectivity index is 1.51. The van der Waals surface area contributed by atoms with Crippen LogP contribution in [0.25, 0.3) is 11.4 Å². The van der Waals surface area contributed by atoms with E-state index in [9.17, 15) is 18.7 Å². The lowest BCUT2D eigenvalue weighted by atomic mass is 10.2. The van der Waals surface area contributed by atoms with E-state index in [1.807, 2.05) is 0 Å². The van der Waals surface area contributed by atoms with E-state index >= 15 is 0 Å². The normalized spacial score (nSPS) is 18.0. The van der Waals surface area contributed by atoms with E-state index in [1.165, 1.54) is 23.2 Å². The van der Waals surface area contributed by atoms with Gasteiger partial charge in [0, 0.05) is 11.8 Å². The van der Waals surface area contributed by atoms with Crippen molar-refractivity contribution in [3.05, 3.63) is 48.0 Å². The highest BCUT2D eigenvalue weighted by Crippen LogP contribution is 2.25. The van der Waals surface area contributed by atoms with Gasteiger partial charge in [-0.3, -0.25) is 4.90 Å². The summed E-state index contributed by atoms with van der Waals surface area (Å²) in [7, 11) is 0. The second-order valence-electron chi connectivity index (χ2n) is 6.94. The number of hydrogen-bond acceptors (Lipinski definition) is 9. The van der Waals surface area contributed by atoms with Crippen molar-refractivity contribution in [2.24, 2.45) is 0 Å². The number of benzene rings is 1. The zero-order chi connectivity index (χ0) is 22.1. The topological polar surface area (TPSA) is 127 Å². The number of amides is 1. The summed E-state index contributed by atoms with van der Waals surface area (Å²) in [5.74, 6) is -1.31. The number of cyclic esters (lactones) is 1. The third-order valence-corrected chi connectivity index (χ3v) is 4.69. The van der Waals surface area contributed by atoms with Crippen LogP contribution in [0, 0.1) is 11.6 Å². The molecule has 1 aliphatic heterocycles. The van der Waals surface area contributed by atoms with Crippen molar-refractivity contribution < 1.29 is 27.9 Å². The predicted molar refractivity (Wildman–Crippen MR) is 103 cm³/mol. The zero-order valence-corrected chi connectivity index (χ0v) is 16.5. The second kappa shape index (κ2) is 8.22. The molecule has 1 saturated heterocycles. The maximum absolute atomic E-state index is 13.4. The van der Waals surface area contributed by atoms with Gasteiger partial charge in [0.2, 0.25) is 17.7 Å². The summed E-state index contributed by atoms with van der Waals surface area (Å²) >= 11 is 0. The van der Waals surface area contributed by atoms with E-state index in [4.69, 9.17) is 9.26 Å². The number of aliphatic hydroxyl groups is 1. The smallest absolute Gasteiger partial charge is 0.416 e. The summed E-state index contributed by atoms with van der Waals surface area (Å²) in [6, 6.07) is 3.70. The molecule has 0 unspecified atom stereocenters. The predicted octanol–water partition coefficient (Wildman–Crippen LogP) is 2.68. The van der Waals surface area contributed by atoms with Gasteiger partial charge in [0.15, 0.2) is 11.6 Å². The van der Waals surface area contributed by atoms with Crippen molar-refractivity contribution in [3.63, 3.8) is 0 Å². The van der Waals surface area contributed by atoms with Crippen LogP contribution >= 0.6 is 0 Å². The summed E-state index contributed by atoms with van der Waals surface area (Å²) in [6.45, 7) is 3.32. The Morgan fingerprint density at radius 3 is 2.77 bits per heavy atom. The first-order valence-electron chi connectivity index (χ1n) is 9.36. The molecule has 0 bridgehead atoms. The first-order chi connectivity index (χ1) is 14.8. The van der Waals surface area contributed by atoms with Crippen LogP contribution in [0.4, 0.5) is 25.3 Å². The highest BCUT2D eigenvalue weighted by Gasteiger charge is 2.38. The quantitative estimate of drug-likeness (QED) is 0.604. The second-order valence-corrected chi connectivity index (χ2v) is 6.94. The van der Waals surface area contributed by atoms with Crippen molar-refractivity contribution in [1.82, 2.24) is 20.1 Å². The van der Waals surface area contributed by atoms with E-state index < -0.39 is 35.9 Å². The largest absolute Gasteiger partial charge is 0.447 e. The molecular weight excluding hydrogens is 414 g/mol. The minimum absolute atomic E-state index is 0.0500. The van der Waals surface area contributed by atoms with Gasteiger partial charge in [0.05, 0.1) is 6.10 Å². The molecule has 3 heterocycles. The maximum Gasteiger partial charge on any atom is 0.416 e. The van der Waals surface area contributed by atoms with Gasteiger partial charge in [0.25, 0.3) is 0 Å². The number of carbonyl (C=O) groups is 1. The van der Waals surface area contributed by atoms with E-state index in [1.54, 1.807) is 13.8 Å². The molecule has 3 atom stereocenters. The molecule has 4 rings (SSSR count). The molecule has 1 amide bonds. The van der Waals surface area contributed by atoms with Gasteiger partial charge in [-0.15, -0.1) is 0 Å². The Morgan fingerprint density at radius 1 is 1.23 bits per heavy atom. The number of aromatic nitrogens is 4. The van der Waals surface area contributed by atoms with Gasteiger partial charge in [-0.1, -0.05) is 5.16 Å². The Hall–Kier alpha value is -3.67. The lowest BCUT2D eigenvalue weighted by Crippen LogP contribution is -2.41. The first kappa shape index (κ1) is 20.6. The summed E-state index contributed by atoms with van der Waals surface area (Å²) in [4.78, 5) is 25.9. The first-order valence-corrected chi connectivity index (χ1v) is 9.36. The number of nitrogens with zero attached hydrogens (tertiary/aromatic N) is 5. The number of anilines is 2. The molecule has 2 aromatic heterocycles. The molecule has 1 aliphatic rings. The molecule has 0 saturated carbocycles. The third kappa shape index (κ3) is 4.14. The van der Waals surface area contributed by atoms with Crippen molar-refractivity contribution >= 4 is 17.9 Å². The molecule has 31 heavy (non-hydrogen) atoms. The van der Waals surface area contributed by atoms with Gasteiger partial charge < -0.3 is 19.7 Å². The van der Waals surface area contributed by atoms with E-state index in [0.29, 0.717) is 0 Å². The molecule has 12 heteroatoms. The van der Waals surface area contributed by atoms with E-state index in [2.05, 4.69) is 25.4 Å². The van der Waals surface area contributed by atoms with Crippen LogP contribution in [0.2, 0.25) is 0 Å². The Bertz CT molecular complexity index is 1110. The van der Waals surface area contributed by atoms with Crippen molar-refractivity contribution in [2.45, 2.75) is 32.0 Å². The number of rotatable bonds is 6. The number of nitrogens with one attached hydrogen (secondary N) is 1. The summed E-state index contributed by atoms with van der Waals surface area (Å²) in [5, 5.41) is 16.6. The van der Waals surface area contributed by atoms with Crippen molar-refractivity contribution in [3.8, 4) is 11.4 Å². The van der Waals surface area contributed by atoms with Gasteiger partial charge in [-0.25, -0.2) is 18.6 Å². The monoisotopic (exact) mass is 432 g/mol. The van der Waals surface area contributed by atoms with Crippen molar-refractivity contribution in [2.75, 3.05) is 16.8 Å². The zero-order valence-electron chi connectivity index (χ0n) is 16.5. The molecule has 0 spiro atoms. The Kier molecular flexibility index (Phi) is 5.46. The highest BCUT2D eigenvalue weighted by atomic mass is 19.2. The summed E-state index contributed by atoms with van der Waals surface area (Å²) in [5.41, 5.74) is 0.260. The minimum atomic E-state index is -1.02.